The van der Waals surface area contributed by atoms with E-state index >= 15 is 0 Å². The van der Waals surface area contributed by atoms with Crippen LogP contribution < -0.4 is 4.90 Å². The lowest BCUT2D eigenvalue weighted by molar-refractivity contribution is 0.120. The van der Waals surface area contributed by atoms with Crippen LogP contribution in [0.1, 0.15) is 5.89 Å². The van der Waals surface area contributed by atoms with Gasteiger partial charge in [0, 0.05) is 20.0 Å². The number of nitrogens with zero attached hydrogens (tertiary/aromatic N) is 2. The summed E-state index contributed by atoms with van der Waals surface area (Å²) in [5.41, 5.74) is 0. The van der Waals surface area contributed by atoms with E-state index in [0.29, 0.717) is 0 Å². The van der Waals surface area contributed by atoms with Crippen molar-refractivity contribution in [2.75, 3.05) is 31.2 Å². The summed E-state index contributed by atoms with van der Waals surface area (Å²) in [5, 5.41) is 0. The first-order chi connectivity index (χ1) is 5.86. The van der Waals surface area contributed by atoms with Gasteiger partial charge in [-0.1, -0.05) is 0 Å². The Kier molecular flexibility index (Phi) is 1.99. The summed E-state index contributed by atoms with van der Waals surface area (Å²) in [7, 11) is 0. The zero-order chi connectivity index (χ0) is 8.39. The van der Waals surface area contributed by atoms with E-state index in [9.17, 15) is 0 Å². The number of hydrogen-bond donors (Lipinski definition) is 0. The second-order valence-electron chi connectivity index (χ2n) is 2.82. The maximum atomic E-state index is 5.38. The highest BCUT2D eigenvalue weighted by atomic mass is 16.5. The molecule has 0 amide bonds. The fraction of sp³-hybridized carbons (Fsp3) is 0.625. The van der Waals surface area contributed by atoms with Gasteiger partial charge in [0.15, 0.2) is 5.89 Å². The quantitative estimate of drug-likeness (QED) is 0.622. The number of aromatic nitrogens is 1. The van der Waals surface area contributed by atoms with E-state index in [2.05, 4.69) is 9.88 Å². The Bertz CT molecular complexity index is 253. The molecular formula is C8H12N2O2. The van der Waals surface area contributed by atoms with Crippen molar-refractivity contribution in [1.29, 1.82) is 0 Å². The fourth-order valence-corrected chi connectivity index (χ4v) is 1.28. The third-order valence-electron chi connectivity index (χ3n) is 1.93. The van der Waals surface area contributed by atoms with E-state index in [4.69, 9.17) is 9.15 Å². The second-order valence-corrected chi connectivity index (χ2v) is 2.82. The first-order valence-corrected chi connectivity index (χ1v) is 4.11. The van der Waals surface area contributed by atoms with Gasteiger partial charge >= 0.3 is 0 Å². The average molecular weight is 168 g/mol. The Morgan fingerprint density at radius 1 is 1.42 bits per heavy atom. The lowest BCUT2D eigenvalue weighted by atomic mass is 10.4. The molecule has 0 aromatic carbocycles. The van der Waals surface area contributed by atoms with Crippen LogP contribution in [0.3, 0.4) is 0 Å². The topological polar surface area (TPSA) is 38.5 Å². The third kappa shape index (κ3) is 1.43. The Labute approximate surface area is 71.1 Å². The van der Waals surface area contributed by atoms with Crippen molar-refractivity contribution in [2.45, 2.75) is 6.92 Å². The number of aryl methyl sites for hydroxylation is 1. The van der Waals surface area contributed by atoms with E-state index in [1.807, 2.05) is 6.92 Å². The highest BCUT2D eigenvalue weighted by Crippen LogP contribution is 2.15. The Morgan fingerprint density at radius 2 is 2.17 bits per heavy atom. The number of rotatable bonds is 1. The molecule has 0 unspecified atom stereocenters. The molecule has 2 heterocycles. The molecule has 1 aromatic heterocycles. The molecule has 66 valence electrons. The predicted octanol–water partition coefficient (Wildman–Crippen LogP) is 0.820. The van der Waals surface area contributed by atoms with Gasteiger partial charge in [-0.2, -0.15) is 0 Å². The highest BCUT2D eigenvalue weighted by Gasteiger charge is 2.13. The minimum Gasteiger partial charge on any atom is -0.425 e. The van der Waals surface area contributed by atoms with Gasteiger partial charge in [-0.3, -0.25) is 0 Å². The van der Waals surface area contributed by atoms with Crippen LogP contribution in [0.2, 0.25) is 0 Å². The highest BCUT2D eigenvalue weighted by molar-refractivity contribution is 5.32. The van der Waals surface area contributed by atoms with Crippen molar-refractivity contribution >= 4 is 5.88 Å². The smallest absolute Gasteiger partial charge is 0.216 e. The van der Waals surface area contributed by atoms with E-state index in [0.717, 1.165) is 38.1 Å². The molecule has 0 saturated carbocycles. The van der Waals surface area contributed by atoms with Gasteiger partial charge in [-0.05, 0) is 0 Å². The average Bonchev–Trinajstić information content (AvgIpc) is 2.54. The number of anilines is 1. The Morgan fingerprint density at radius 3 is 2.75 bits per heavy atom. The maximum Gasteiger partial charge on any atom is 0.216 e. The lowest BCUT2D eigenvalue weighted by Gasteiger charge is -2.25. The molecule has 4 nitrogen and oxygen atoms in total. The van der Waals surface area contributed by atoms with Gasteiger partial charge in [0.2, 0.25) is 5.88 Å². The first kappa shape index (κ1) is 7.61. The molecule has 0 N–H and O–H groups in total. The normalized spacial score (nSPS) is 18.2. The van der Waals surface area contributed by atoms with Gasteiger partial charge in [-0.25, -0.2) is 4.98 Å². The van der Waals surface area contributed by atoms with Gasteiger partial charge in [-0.15, -0.1) is 0 Å². The van der Waals surface area contributed by atoms with Gasteiger partial charge < -0.3 is 14.1 Å². The molecule has 1 aliphatic rings. The molecule has 0 radical (unpaired) electrons. The number of hydrogen-bond acceptors (Lipinski definition) is 4. The van der Waals surface area contributed by atoms with Crippen molar-refractivity contribution in [2.24, 2.45) is 0 Å². The standard InChI is InChI=1S/C8H12N2O2/c1-7-9-6-8(12-7)10-2-4-11-5-3-10/h6H,2-5H2,1H3. The van der Waals surface area contributed by atoms with E-state index in [1.54, 1.807) is 6.20 Å². The summed E-state index contributed by atoms with van der Waals surface area (Å²) in [4.78, 5) is 6.19. The summed E-state index contributed by atoms with van der Waals surface area (Å²) < 4.78 is 10.6. The van der Waals surface area contributed by atoms with Crippen molar-refractivity contribution in [1.82, 2.24) is 4.98 Å². The lowest BCUT2D eigenvalue weighted by Crippen LogP contribution is -2.35. The summed E-state index contributed by atoms with van der Waals surface area (Å²) in [5.74, 6) is 1.58. The van der Waals surface area contributed by atoms with Crippen LogP contribution >= 0.6 is 0 Å². The molecule has 0 bridgehead atoms. The van der Waals surface area contributed by atoms with E-state index in [-0.39, 0.29) is 0 Å². The molecule has 12 heavy (non-hydrogen) atoms. The fourth-order valence-electron chi connectivity index (χ4n) is 1.28. The third-order valence-corrected chi connectivity index (χ3v) is 1.93. The molecular weight excluding hydrogens is 156 g/mol. The molecule has 0 aliphatic carbocycles. The number of morpholine rings is 1. The van der Waals surface area contributed by atoms with Crippen LogP contribution in [0.15, 0.2) is 10.6 Å². The number of ether oxygens (including phenoxy) is 1. The molecule has 1 aliphatic heterocycles. The summed E-state index contributed by atoms with van der Waals surface area (Å²) in [6.07, 6.45) is 1.76. The molecule has 0 atom stereocenters. The number of oxazole rings is 1. The van der Waals surface area contributed by atoms with Crippen LogP contribution in [-0.4, -0.2) is 31.3 Å². The van der Waals surface area contributed by atoms with Gasteiger partial charge in [0.05, 0.1) is 19.4 Å². The van der Waals surface area contributed by atoms with Crippen molar-refractivity contribution in [3.05, 3.63) is 12.1 Å². The van der Waals surface area contributed by atoms with Crippen LogP contribution in [-0.2, 0) is 4.74 Å². The molecule has 0 spiro atoms. The van der Waals surface area contributed by atoms with Crippen molar-refractivity contribution in [3.8, 4) is 0 Å². The van der Waals surface area contributed by atoms with Gasteiger partial charge in [0.25, 0.3) is 0 Å². The van der Waals surface area contributed by atoms with Crippen molar-refractivity contribution in [3.63, 3.8) is 0 Å². The van der Waals surface area contributed by atoms with E-state index < -0.39 is 0 Å². The predicted molar refractivity (Wildman–Crippen MR) is 44.3 cm³/mol. The maximum absolute atomic E-state index is 5.38. The molecule has 1 saturated heterocycles. The second kappa shape index (κ2) is 3.15. The summed E-state index contributed by atoms with van der Waals surface area (Å²) >= 11 is 0. The van der Waals surface area contributed by atoms with Crippen LogP contribution in [0.5, 0.6) is 0 Å². The monoisotopic (exact) mass is 168 g/mol. The molecule has 4 heteroatoms. The molecule has 1 aromatic rings. The van der Waals surface area contributed by atoms with Crippen molar-refractivity contribution < 1.29 is 9.15 Å². The zero-order valence-electron chi connectivity index (χ0n) is 7.12. The summed E-state index contributed by atoms with van der Waals surface area (Å²) in [6.45, 7) is 5.20. The zero-order valence-corrected chi connectivity index (χ0v) is 7.12. The largest absolute Gasteiger partial charge is 0.425 e. The molecule has 2 rings (SSSR count). The molecule has 1 fully saturated rings. The van der Waals surface area contributed by atoms with Crippen LogP contribution in [0, 0.1) is 6.92 Å². The SMILES string of the molecule is Cc1ncc(N2CCOCC2)o1. The van der Waals surface area contributed by atoms with Gasteiger partial charge in [0.1, 0.15) is 0 Å². The Hall–Kier alpha value is -1.03. The minimum atomic E-state index is 0.719. The summed E-state index contributed by atoms with van der Waals surface area (Å²) in [6, 6.07) is 0. The van der Waals surface area contributed by atoms with E-state index in [1.165, 1.54) is 0 Å². The van der Waals surface area contributed by atoms with Crippen LogP contribution in [0.4, 0.5) is 5.88 Å². The minimum absolute atomic E-state index is 0.719. The van der Waals surface area contributed by atoms with Crippen LogP contribution in [0.25, 0.3) is 0 Å². The Balaban J connectivity index is 2.08. The first-order valence-electron chi connectivity index (χ1n) is 4.11.